The highest BCUT2D eigenvalue weighted by molar-refractivity contribution is 7.90. The van der Waals surface area contributed by atoms with Crippen molar-refractivity contribution < 1.29 is 18.3 Å². The summed E-state index contributed by atoms with van der Waals surface area (Å²) in [7, 11) is -2.99. The summed E-state index contributed by atoms with van der Waals surface area (Å²) >= 11 is 11.6. The van der Waals surface area contributed by atoms with Gasteiger partial charge in [0.15, 0.2) is 0 Å². The van der Waals surface area contributed by atoms with Gasteiger partial charge in [0.1, 0.15) is 28.3 Å². The molecular formula is C12H17Cl2NO4S. The minimum absolute atomic E-state index is 0.0351. The molecule has 0 heterocycles. The fourth-order valence-corrected chi connectivity index (χ4v) is 2.15. The highest BCUT2D eigenvalue weighted by atomic mass is 35.5. The molecule has 0 fully saturated rings. The van der Waals surface area contributed by atoms with E-state index in [0.29, 0.717) is 22.3 Å². The SMILES string of the molecule is CS(=O)(=O)CCNCC(O)COc1ccc(Cl)c(Cl)c1. The smallest absolute Gasteiger partial charge is 0.148 e. The number of hydrogen-bond acceptors (Lipinski definition) is 5. The molecule has 0 saturated carbocycles. The van der Waals surface area contributed by atoms with Crippen LogP contribution in [-0.4, -0.2) is 51.3 Å². The van der Waals surface area contributed by atoms with Gasteiger partial charge < -0.3 is 15.2 Å². The fraction of sp³-hybridized carbons (Fsp3) is 0.500. The molecule has 1 unspecified atom stereocenters. The van der Waals surface area contributed by atoms with Gasteiger partial charge in [-0.15, -0.1) is 0 Å². The van der Waals surface area contributed by atoms with E-state index >= 15 is 0 Å². The minimum Gasteiger partial charge on any atom is -0.491 e. The number of rotatable bonds is 8. The molecule has 0 radical (unpaired) electrons. The van der Waals surface area contributed by atoms with Gasteiger partial charge in [-0.2, -0.15) is 0 Å². The van der Waals surface area contributed by atoms with Gasteiger partial charge in [-0.1, -0.05) is 23.2 Å². The molecule has 0 aliphatic rings. The Kier molecular flexibility index (Phi) is 7.05. The molecular weight excluding hydrogens is 325 g/mol. The molecule has 0 bridgehead atoms. The van der Waals surface area contributed by atoms with Crippen molar-refractivity contribution in [1.29, 1.82) is 0 Å². The summed E-state index contributed by atoms with van der Waals surface area (Å²) in [5.74, 6) is 0.544. The van der Waals surface area contributed by atoms with Crippen molar-refractivity contribution in [1.82, 2.24) is 5.32 Å². The van der Waals surface area contributed by atoms with Crippen LogP contribution in [-0.2, 0) is 9.84 Å². The number of nitrogens with one attached hydrogen (secondary N) is 1. The minimum atomic E-state index is -2.99. The molecule has 1 rings (SSSR count). The van der Waals surface area contributed by atoms with E-state index in [4.69, 9.17) is 27.9 Å². The van der Waals surface area contributed by atoms with Crippen LogP contribution >= 0.6 is 23.2 Å². The van der Waals surface area contributed by atoms with Gasteiger partial charge in [-0.05, 0) is 12.1 Å². The highest BCUT2D eigenvalue weighted by Gasteiger charge is 2.07. The van der Waals surface area contributed by atoms with Crippen LogP contribution < -0.4 is 10.1 Å². The molecule has 8 heteroatoms. The molecule has 0 aromatic heterocycles. The Balaban J connectivity index is 2.25. The van der Waals surface area contributed by atoms with Crippen LogP contribution in [0.25, 0.3) is 0 Å². The van der Waals surface area contributed by atoms with E-state index in [2.05, 4.69) is 5.32 Å². The van der Waals surface area contributed by atoms with E-state index in [1.165, 1.54) is 6.26 Å². The molecule has 0 spiro atoms. The molecule has 0 amide bonds. The van der Waals surface area contributed by atoms with Gasteiger partial charge in [0.05, 0.1) is 15.8 Å². The lowest BCUT2D eigenvalue weighted by molar-refractivity contribution is 0.107. The zero-order chi connectivity index (χ0) is 15.2. The standard InChI is InChI=1S/C12H17Cl2NO4S/c1-20(17,18)5-4-15-7-9(16)8-19-10-2-3-11(13)12(14)6-10/h2-3,6,9,15-16H,4-5,7-8H2,1H3. The second-order valence-electron chi connectivity index (χ2n) is 4.37. The Morgan fingerprint density at radius 3 is 2.65 bits per heavy atom. The summed E-state index contributed by atoms with van der Waals surface area (Å²) in [5, 5.41) is 13.3. The Morgan fingerprint density at radius 1 is 1.35 bits per heavy atom. The number of sulfone groups is 1. The normalized spacial score (nSPS) is 13.2. The maximum absolute atomic E-state index is 10.9. The first kappa shape index (κ1) is 17.5. The molecule has 1 aromatic carbocycles. The largest absolute Gasteiger partial charge is 0.491 e. The first-order valence-corrected chi connectivity index (χ1v) is 8.74. The predicted molar refractivity (Wildman–Crippen MR) is 80.5 cm³/mol. The number of halogens is 2. The van der Waals surface area contributed by atoms with E-state index in [1.807, 2.05) is 0 Å². The molecule has 114 valence electrons. The molecule has 1 atom stereocenters. The number of benzene rings is 1. The summed E-state index contributed by atoms with van der Waals surface area (Å²) in [5.41, 5.74) is 0. The second-order valence-corrected chi connectivity index (χ2v) is 7.45. The Labute approximate surface area is 128 Å². The van der Waals surface area contributed by atoms with Crippen LogP contribution in [0.15, 0.2) is 18.2 Å². The Hall–Kier alpha value is -0.530. The van der Waals surface area contributed by atoms with Crippen molar-refractivity contribution in [2.45, 2.75) is 6.10 Å². The predicted octanol–water partition coefficient (Wildman–Crippen LogP) is 1.37. The molecule has 0 aliphatic heterocycles. The van der Waals surface area contributed by atoms with E-state index in [0.717, 1.165) is 0 Å². The van der Waals surface area contributed by atoms with Gasteiger partial charge in [0, 0.05) is 25.4 Å². The number of aliphatic hydroxyl groups is 1. The second kappa shape index (κ2) is 8.05. The topological polar surface area (TPSA) is 75.6 Å². The lowest BCUT2D eigenvalue weighted by Gasteiger charge is -2.13. The first-order chi connectivity index (χ1) is 9.28. The molecule has 5 nitrogen and oxygen atoms in total. The van der Waals surface area contributed by atoms with Crippen molar-refractivity contribution in [3.63, 3.8) is 0 Å². The van der Waals surface area contributed by atoms with Gasteiger partial charge in [-0.3, -0.25) is 0 Å². The number of ether oxygens (including phenoxy) is 1. The average molecular weight is 342 g/mol. The molecule has 2 N–H and O–H groups in total. The lowest BCUT2D eigenvalue weighted by atomic mass is 10.3. The molecule has 0 saturated heterocycles. The van der Waals surface area contributed by atoms with Crippen molar-refractivity contribution in [2.24, 2.45) is 0 Å². The summed E-state index contributed by atoms with van der Waals surface area (Å²) in [4.78, 5) is 0. The van der Waals surface area contributed by atoms with Crippen molar-refractivity contribution >= 4 is 33.0 Å². The number of aliphatic hydroxyl groups excluding tert-OH is 1. The van der Waals surface area contributed by atoms with Gasteiger partial charge >= 0.3 is 0 Å². The van der Waals surface area contributed by atoms with Gasteiger partial charge in [-0.25, -0.2) is 8.42 Å². The molecule has 1 aromatic rings. The van der Waals surface area contributed by atoms with Crippen molar-refractivity contribution in [3.05, 3.63) is 28.2 Å². The van der Waals surface area contributed by atoms with Crippen LogP contribution in [0.4, 0.5) is 0 Å². The van der Waals surface area contributed by atoms with E-state index in [-0.39, 0.29) is 18.9 Å². The maximum atomic E-state index is 10.9. The summed E-state index contributed by atoms with van der Waals surface area (Å²) in [6.45, 7) is 0.614. The third-order valence-electron chi connectivity index (χ3n) is 2.36. The van der Waals surface area contributed by atoms with E-state index in [1.54, 1.807) is 18.2 Å². The van der Waals surface area contributed by atoms with Crippen LogP contribution in [0.2, 0.25) is 10.0 Å². The third kappa shape index (κ3) is 7.31. The van der Waals surface area contributed by atoms with Crippen molar-refractivity contribution in [3.8, 4) is 5.75 Å². The van der Waals surface area contributed by atoms with Crippen LogP contribution in [0.5, 0.6) is 5.75 Å². The van der Waals surface area contributed by atoms with E-state index < -0.39 is 15.9 Å². The zero-order valence-corrected chi connectivity index (χ0v) is 13.3. The van der Waals surface area contributed by atoms with E-state index in [9.17, 15) is 13.5 Å². The van der Waals surface area contributed by atoms with Gasteiger partial charge in [0.2, 0.25) is 0 Å². The van der Waals surface area contributed by atoms with Crippen LogP contribution in [0, 0.1) is 0 Å². The summed E-state index contributed by atoms with van der Waals surface area (Å²) in [6.07, 6.45) is 0.419. The average Bonchev–Trinajstić information content (AvgIpc) is 2.35. The number of hydrogen-bond donors (Lipinski definition) is 2. The summed E-state index contributed by atoms with van der Waals surface area (Å²) in [6, 6.07) is 4.82. The van der Waals surface area contributed by atoms with Crippen LogP contribution in [0.1, 0.15) is 0 Å². The quantitative estimate of drug-likeness (QED) is 0.698. The zero-order valence-electron chi connectivity index (χ0n) is 11.0. The fourth-order valence-electron chi connectivity index (χ4n) is 1.34. The monoisotopic (exact) mass is 341 g/mol. The first-order valence-electron chi connectivity index (χ1n) is 5.92. The lowest BCUT2D eigenvalue weighted by Crippen LogP contribution is -2.34. The highest BCUT2D eigenvalue weighted by Crippen LogP contribution is 2.26. The molecule has 20 heavy (non-hydrogen) atoms. The van der Waals surface area contributed by atoms with Gasteiger partial charge in [0.25, 0.3) is 0 Å². The Bertz CT molecular complexity index is 536. The van der Waals surface area contributed by atoms with Crippen LogP contribution in [0.3, 0.4) is 0 Å². The summed E-state index contributed by atoms with van der Waals surface area (Å²) < 4.78 is 27.1. The maximum Gasteiger partial charge on any atom is 0.148 e. The van der Waals surface area contributed by atoms with Crippen molar-refractivity contribution in [2.75, 3.05) is 31.7 Å². The Morgan fingerprint density at radius 2 is 2.05 bits per heavy atom. The molecule has 0 aliphatic carbocycles. The third-order valence-corrected chi connectivity index (χ3v) is 4.05.